The maximum absolute atomic E-state index is 2.99. The van der Waals surface area contributed by atoms with Crippen LogP contribution < -0.4 is 24.8 Å². The Kier molecular flexibility index (Phi) is 12.5. The first-order valence-corrected chi connectivity index (χ1v) is 13.6. The largest absolute Gasteiger partial charge is 1.00 e. The van der Waals surface area contributed by atoms with Gasteiger partial charge in [-0.3, -0.25) is 6.08 Å². The third-order valence-electron chi connectivity index (χ3n) is 3.11. The molecular formula is C20H20Cl2SiZr-2. The van der Waals surface area contributed by atoms with E-state index in [0.29, 0.717) is 0 Å². The number of allylic oxidation sites excluding steroid dienone is 4. The molecule has 4 rings (SSSR count). The first-order valence-electron chi connectivity index (χ1n) is 7.45. The molecule has 0 N–H and O–H groups in total. The number of rotatable bonds is 0. The van der Waals surface area contributed by atoms with Gasteiger partial charge in [0.1, 0.15) is 0 Å². The topological polar surface area (TPSA) is 0 Å². The summed E-state index contributed by atoms with van der Waals surface area (Å²) in [5.74, 6) is 0. The molecule has 0 fully saturated rings. The number of hydrogen-bond donors (Lipinski definition) is 0. The molecular weight excluding hydrogens is 430 g/mol. The van der Waals surface area contributed by atoms with Gasteiger partial charge in [-0.05, 0) is 0 Å². The Labute approximate surface area is 172 Å². The van der Waals surface area contributed by atoms with Crippen LogP contribution in [0.25, 0.3) is 21.5 Å². The zero-order chi connectivity index (χ0) is 15.8. The minimum atomic E-state index is 0. The van der Waals surface area contributed by atoms with Gasteiger partial charge >= 0.3 is 41.9 Å². The molecule has 0 amide bonds. The molecule has 0 atom stereocenters. The Hall–Kier alpha value is -0.530. The van der Waals surface area contributed by atoms with Crippen LogP contribution in [0, 0.1) is 6.08 Å². The van der Waals surface area contributed by atoms with Crippen molar-refractivity contribution in [2.45, 2.75) is 19.5 Å². The number of benzene rings is 2. The quantitative estimate of drug-likeness (QED) is 0.329. The maximum Gasteiger partial charge on any atom is -0.0771 e. The summed E-state index contributed by atoms with van der Waals surface area (Å²) >= 11 is 1.74. The molecule has 0 saturated heterocycles. The van der Waals surface area contributed by atoms with Gasteiger partial charge in [-0.25, -0.2) is 12.2 Å². The summed E-state index contributed by atoms with van der Waals surface area (Å²) in [4.78, 5) is 0. The van der Waals surface area contributed by atoms with Crippen molar-refractivity contribution in [3.05, 3.63) is 78.9 Å². The van der Waals surface area contributed by atoms with Gasteiger partial charge in [0.25, 0.3) is 0 Å². The van der Waals surface area contributed by atoms with Crippen molar-refractivity contribution in [1.29, 1.82) is 0 Å². The van der Waals surface area contributed by atoms with E-state index in [2.05, 4.69) is 79.8 Å². The van der Waals surface area contributed by atoms with Crippen molar-refractivity contribution in [3.8, 4) is 0 Å². The molecule has 1 aliphatic rings. The van der Waals surface area contributed by atoms with E-state index in [9.17, 15) is 0 Å². The molecule has 3 aromatic carbocycles. The Balaban J connectivity index is 0.000000409. The predicted octanol–water partition coefficient (Wildman–Crippen LogP) is -0.190. The van der Waals surface area contributed by atoms with E-state index in [1.54, 1.807) is 23.3 Å². The Morgan fingerprint density at radius 3 is 1.71 bits per heavy atom. The van der Waals surface area contributed by atoms with Crippen molar-refractivity contribution in [3.63, 3.8) is 0 Å². The second kappa shape index (κ2) is 12.8. The van der Waals surface area contributed by atoms with E-state index in [-0.39, 0.29) is 30.2 Å². The zero-order valence-corrected chi connectivity index (χ0v) is 18.9. The number of halogens is 2. The molecule has 4 heteroatoms. The van der Waals surface area contributed by atoms with Crippen LogP contribution in [0.2, 0.25) is 13.1 Å². The van der Waals surface area contributed by atoms with Crippen molar-refractivity contribution in [2.24, 2.45) is 0 Å². The summed E-state index contributed by atoms with van der Waals surface area (Å²) in [6, 6.07) is 19.3. The van der Waals surface area contributed by atoms with Crippen LogP contribution in [0.3, 0.4) is 0 Å². The predicted molar refractivity (Wildman–Crippen MR) is 96.1 cm³/mol. The molecule has 24 heavy (non-hydrogen) atoms. The van der Waals surface area contributed by atoms with Crippen molar-refractivity contribution in [1.82, 2.24) is 0 Å². The van der Waals surface area contributed by atoms with E-state index in [0.717, 1.165) is 6.42 Å². The van der Waals surface area contributed by atoms with Gasteiger partial charge in [0, 0.05) is 0 Å². The minimum absolute atomic E-state index is 0. The van der Waals surface area contributed by atoms with Gasteiger partial charge in [0.15, 0.2) is 0 Å². The Morgan fingerprint density at radius 1 is 0.917 bits per heavy atom. The standard InChI is InChI=1S/C13H9.C5H5.C2H6Si.2ClH.Zr/c1-3-7-12-10(5-1)9-11-6-2-4-8-13(11)12;1-2-4-5-3-1;1-3-2;;;/h1-9H;1-3H,4H2;1-2H3;2*1H;/q2*-1;;;;+2/p-2. The van der Waals surface area contributed by atoms with Crippen LogP contribution in [-0.2, 0) is 23.3 Å². The van der Waals surface area contributed by atoms with Crippen LogP contribution in [0.15, 0.2) is 72.8 Å². The molecule has 124 valence electrons. The average molecular weight is 451 g/mol. The number of fused-ring (bicyclic) bond motifs is 3. The molecule has 0 radical (unpaired) electrons. The first kappa shape index (κ1) is 23.5. The summed E-state index contributed by atoms with van der Waals surface area (Å²) in [7, 11) is 0. The Bertz CT molecular complexity index is 754. The van der Waals surface area contributed by atoms with E-state index in [4.69, 9.17) is 0 Å². The van der Waals surface area contributed by atoms with Gasteiger partial charge < -0.3 is 24.8 Å². The van der Waals surface area contributed by atoms with Gasteiger partial charge in [0.2, 0.25) is 0 Å². The third-order valence-corrected chi connectivity index (χ3v) is 3.11. The molecule has 0 aliphatic heterocycles. The fraction of sp³-hybridized carbons (Fsp3) is 0.150. The molecule has 1 aliphatic carbocycles. The summed E-state index contributed by atoms with van der Waals surface area (Å²) in [5.41, 5.74) is 0.210. The first-order chi connectivity index (χ1) is 10.7. The van der Waals surface area contributed by atoms with Crippen LogP contribution in [0.4, 0.5) is 0 Å². The third kappa shape index (κ3) is 7.57. The van der Waals surface area contributed by atoms with Crippen molar-refractivity contribution < 1.29 is 48.1 Å². The molecule has 0 unspecified atom stereocenters. The summed E-state index contributed by atoms with van der Waals surface area (Å²) in [6.07, 6.45) is 10.0. The summed E-state index contributed by atoms with van der Waals surface area (Å²) in [6.45, 7) is 4.62. The monoisotopic (exact) mass is 448 g/mol. The number of hydrogen-bond acceptors (Lipinski definition) is 0. The van der Waals surface area contributed by atoms with Crippen LogP contribution in [0.1, 0.15) is 6.42 Å². The van der Waals surface area contributed by atoms with Crippen LogP contribution in [-0.4, -0.2) is 5.43 Å². The van der Waals surface area contributed by atoms with Gasteiger partial charge in [-0.15, -0.1) is 46.2 Å². The molecule has 0 heterocycles. The van der Waals surface area contributed by atoms with Gasteiger partial charge in [0.05, 0.1) is 0 Å². The van der Waals surface area contributed by atoms with Gasteiger partial charge in [-0.1, -0.05) is 36.4 Å². The Morgan fingerprint density at radius 2 is 1.38 bits per heavy atom. The van der Waals surface area contributed by atoms with Gasteiger partial charge in [-0.2, -0.15) is 6.08 Å². The normalized spacial score (nSPS) is 10.8. The van der Waals surface area contributed by atoms with Crippen molar-refractivity contribution >= 4 is 27.0 Å². The smallest absolute Gasteiger partial charge is 0.0771 e. The molecule has 3 aromatic rings. The van der Waals surface area contributed by atoms with E-state index < -0.39 is 0 Å². The SMILES string of the molecule is C[Si](C)=[Zr+2].[C-]1=CC=CC1.[Cl-].[Cl-].c1ccc2c(c1)[cH-]c1ccccc12. The van der Waals surface area contributed by atoms with Crippen LogP contribution in [0.5, 0.6) is 0 Å². The molecule has 0 nitrogen and oxygen atoms in total. The van der Waals surface area contributed by atoms with E-state index in [1.165, 1.54) is 21.5 Å². The average Bonchev–Trinajstić information content (AvgIpc) is 3.18. The second-order valence-corrected chi connectivity index (χ2v) is 14.7. The second-order valence-electron chi connectivity index (χ2n) is 5.32. The molecule has 0 bridgehead atoms. The molecule has 0 spiro atoms. The zero-order valence-electron chi connectivity index (χ0n) is 13.9. The molecule has 0 aromatic heterocycles. The maximum atomic E-state index is 2.99. The van der Waals surface area contributed by atoms with E-state index >= 15 is 0 Å². The van der Waals surface area contributed by atoms with E-state index in [1.807, 2.05) is 12.2 Å². The summed E-state index contributed by atoms with van der Waals surface area (Å²) in [5, 5.41) is 5.39. The fourth-order valence-corrected chi connectivity index (χ4v) is 2.24. The van der Waals surface area contributed by atoms with Crippen molar-refractivity contribution in [2.75, 3.05) is 0 Å². The summed E-state index contributed by atoms with van der Waals surface area (Å²) < 4.78 is 0. The molecule has 0 saturated carbocycles. The fourth-order valence-electron chi connectivity index (χ4n) is 2.24. The van der Waals surface area contributed by atoms with Crippen LogP contribution >= 0.6 is 0 Å². The minimum Gasteiger partial charge on any atom is -1.00 e.